The third-order valence-corrected chi connectivity index (χ3v) is 6.51. The Bertz CT molecular complexity index is 951. The zero-order chi connectivity index (χ0) is 22.3. The molecule has 1 heterocycles. The Morgan fingerprint density at radius 1 is 1.16 bits per heavy atom. The van der Waals surface area contributed by atoms with Crippen molar-refractivity contribution in [3.05, 3.63) is 54.2 Å². The van der Waals surface area contributed by atoms with Gasteiger partial charge in [0.25, 0.3) is 9.05 Å². The highest BCUT2D eigenvalue weighted by atomic mass is 35.7. The number of halogens is 1. The van der Waals surface area contributed by atoms with Gasteiger partial charge in [-0.3, -0.25) is 0 Å². The monoisotopic (exact) mass is 467 g/mol. The summed E-state index contributed by atoms with van der Waals surface area (Å²) < 4.78 is 28.0. The molecule has 0 aliphatic heterocycles. The molecule has 0 bridgehead atoms. The van der Waals surface area contributed by atoms with E-state index in [0.29, 0.717) is 5.69 Å². The lowest BCUT2D eigenvalue weighted by molar-refractivity contribution is 0.0849. The average Bonchev–Trinajstić information content (AvgIpc) is 2.77. The van der Waals surface area contributed by atoms with Crippen molar-refractivity contribution in [2.45, 2.75) is 56.0 Å². The molecule has 2 aromatic rings. The second-order valence-corrected chi connectivity index (χ2v) is 10.1. The molecule has 1 amide bonds. The van der Waals surface area contributed by atoms with Crippen molar-refractivity contribution in [2.75, 3.05) is 5.32 Å². The predicted molar refractivity (Wildman–Crippen MR) is 117 cm³/mol. The normalized spacial score (nSPS) is 16.8. The first-order valence-corrected chi connectivity index (χ1v) is 12.5. The molecule has 3 N–H and O–H groups in total. The lowest BCUT2D eigenvalue weighted by Gasteiger charge is -2.34. The minimum atomic E-state index is -3.93. The lowest BCUT2D eigenvalue weighted by Crippen LogP contribution is -2.51. The first-order chi connectivity index (χ1) is 14.8. The van der Waals surface area contributed by atoms with Gasteiger partial charge in [-0.1, -0.05) is 49.6 Å². The van der Waals surface area contributed by atoms with Crippen LogP contribution in [-0.2, 0) is 20.4 Å². The fourth-order valence-corrected chi connectivity index (χ4v) is 4.40. The molecule has 0 radical (unpaired) electrons. The van der Waals surface area contributed by atoms with E-state index in [2.05, 4.69) is 15.6 Å². The van der Waals surface area contributed by atoms with Crippen molar-refractivity contribution < 1.29 is 23.1 Å². The van der Waals surface area contributed by atoms with Gasteiger partial charge in [-0.05, 0) is 36.5 Å². The van der Waals surface area contributed by atoms with E-state index < -0.39 is 27.4 Å². The Morgan fingerprint density at radius 2 is 1.87 bits per heavy atom. The summed E-state index contributed by atoms with van der Waals surface area (Å²) in [4.78, 5) is 16.2. The van der Waals surface area contributed by atoms with Gasteiger partial charge in [-0.15, -0.1) is 0 Å². The van der Waals surface area contributed by atoms with Crippen LogP contribution in [0, 0.1) is 5.92 Å². The Kier molecular flexibility index (Phi) is 8.11. The van der Waals surface area contributed by atoms with Gasteiger partial charge < -0.3 is 20.5 Å². The second kappa shape index (κ2) is 10.8. The van der Waals surface area contributed by atoms with Gasteiger partial charge >= 0.3 is 6.09 Å². The van der Waals surface area contributed by atoms with Gasteiger partial charge in [0, 0.05) is 10.7 Å². The fourth-order valence-electron chi connectivity index (χ4n) is 3.72. The Hall–Kier alpha value is -2.36. The third-order valence-electron chi connectivity index (χ3n) is 5.30. The topological polar surface area (TPSA) is 118 Å². The molecule has 3 rings (SSSR count). The molecule has 31 heavy (non-hydrogen) atoms. The predicted octanol–water partition coefficient (Wildman–Crippen LogP) is 3.61. The third kappa shape index (κ3) is 7.09. The van der Waals surface area contributed by atoms with Crippen molar-refractivity contribution in [1.82, 2.24) is 10.3 Å². The Balaban J connectivity index is 1.65. The summed E-state index contributed by atoms with van der Waals surface area (Å²) in [5.74, 6) is 0.0796. The van der Waals surface area contributed by atoms with Crippen LogP contribution < -0.4 is 10.6 Å². The summed E-state index contributed by atoms with van der Waals surface area (Å²) in [5.41, 5.74) is 1.27. The number of carbonyl (C=O) groups excluding carboxylic acids is 1. The summed E-state index contributed by atoms with van der Waals surface area (Å²) in [6.45, 7) is 0.131. The molecule has 1 aromatic carbocycles. The fraction of sp³-hybridized carbons (Fsp3) is 0.429. The second-order valence-electron chi connectivity index (χ2n) is 7.54. The summed E-state index contributed by atoms with van der Waals surface area (Å²) in [7, 11) is 1.35. The van der Waals surface area contributed by atoms with Gasteiger partial charge in [0.15, 0.2) is 5.03 Å². The number of aliphatic hydroxyl groups excluding tert-OH is 1. The number of rotatable bonds is 8. The number of aliphatic hydroxyl groups is 1. The van der Waals surface area contributed by atoms with Crippen molar-refractivity contribution in [1.29, 1.82) is 0 Å². The molecule has 0 unspecified atom stereocenters. The van der Waals surface area contributed by atoms with Crippen molar-refractivity contribution in [3.63, 3.8) is 0 Å². The minimum Gasteiger partial charge on any atom is -0.445 e. The Morgan fingerprint density at radius 3 is 2.48 bits per heavy atom. The Labute approximate surface area is 186 Å². The number of hydrogen-bond donors (Lipinski definition) is 3. The lowest BCUT2D eigenvalue weighted by atomic mass is 9.83. The summed E-state index contributed by atoms with van der Waals surface area (Å²) in [6, 6.07) is 11.5. The summed E-state index contributed by atoms with van der Waals surface area (Å²) in [5, 5.41) is 16.2. The molecule has 1 aliphatic rings. The maximum atomic E-state index is 12.4. The molecular weight excluding hydrogens is 442 g/mol. The van der Waals surface area contributed by atoms with Crippen LogP contribution in [0.1, 0.15) is 37.7 Å². The van der Waals surface area contributed by atoms with E-state index in [-0.39, 0.29) is 17.6 Å². The van der Waals surface area contributed by atoms with E-state index in [1.54, 1.807) is 0 Å². The number of nitrogens with zero attached hydrogens (tertiary/aromatic N) is 1. The maximum absolute atomic E-state index is 12.4. The standard InChI is InChI=1S/C21H26ClN3O5S/c22-31(28,29)18-12-11-17(13-23-18)24-20(26)19(16-9-5-2-6-10-16)25-21(27)30-14-15-7-3-1-4-8-15/h1,3-4,7-8,11-13,16,19-20,24,26H,2,5-6,9-10,14H2,(H,25,27)/t19-,20-/m0/s1. The zero-order valence-corrected chi connectivity index (χ0v) is 18.5. The first-order valence-electron chi connectivity index (χ1n) is 10.2. The number of anilines is 1. The number of amides is 1. The number of benzene rings is 1. The van der Waals surface area contributed by atoms with Gasteiger partial charge in [0.2, 0.25) is 0 Å². The van der Waals surface area contributed by atoms with E-state index in [4.69, 9.17) is 15.4 Å². The first kappa shape index (κ1) is 23.3. The minimum absolute atomic E-state index is 0.0796. The number of nitrogens with one attached hydrogen (secondary N) is 2. The van der Waals surface area contributed by atoms with E-state index in [0.717, 1.165) is 37.7 Å². The number of pyridine rings is 1. The van der Waals surface area contributed by atoms with Crippen LogP contribution in [-0.4, -0.2) is 36.9 Å². The van der Waals surface area contributed by atoms with Gasteiger partial charge in [0.1, 0.15) is 12.8 Å². The van der Waals surface area contributed by atoms with Gasteiger partial charge in [0.05, 0.1) is 17.9 Å². The van der Waals surface area contributed by atoms with Crippen LogP contribution in [0.2, 0.25) is 0 Å². The van der Waals surface area contributed by atoms with Crippen molar-refractivity contribution in [2.24, 2.45) is 5.92 Å². The smallest absolute Gasteiger partial charge is 0.407 e. The number of hydrogen-bond acceptors (Lipinski definition) is 7. The molecule has 0 saturated heterocycles. The van der Waals surface area contributed by atoms with Gasteiger partial charge in [-0.25, -0.2) is 18.2 Å². The molecule has 1 saturated carbocycles. The number of ether oxygens (including phenoxy) is 1. The average molecular weight is 468 g/mol. The molecule has 2 atom stereocenters. The van der Waals surface area contributed by atoms with Crippen LogP contribution in [0.25, 0.3) is 0 Å². The molecule has 10 heteroatoms. The van der Waals surface area contributed by atoms with E-state index in [1.807, 2.05) is 30.3 Å². The van der Waals surface area contributed by atoms with E-state index >= 15 is 0 Å². The van der Waals surface area contributed by atoms with Crippen LogP contribution in [0.3, 0.4) is 0 Å². The van der Waals surface area contributed by atoms with Crippen LogP contribution in [0.5, 0.6) is 0 Å². The van der Waals surface area contributed by atoms with Crippen LogP contribution in [0.4, 0.5) is 10.5 Å². The van der Waals surface area contributed by atoms with Crippen LogP contribution in [0.15, 0.2) is 53.7 Å². The highest BCUT2D eigenvalue weighted by Crippen LogP contribution is 2.28. The molecule has 1 aliphatic carbocycles. The molecule has 8 nitrogen and oxygen atoms in total. The zero-order valence-electron chi connectivity index (χ0n) is 16.9. The molecule has 0 spiro atoms. The summed E-state index contributed by atoms with van der Waals surface area (Å²) in [6.07, 6.45) is 4.48. The molecule has 1 aromatic heterocycles. The van der Waals surface area contributed by atoms with Crippen molar-refractivity contribution in [3.8, 4) is 0 Å². The molecular formula is C21H26ClN3O5S. The SMILES string of the molecule is O=C(N[C@@H](C1CCCCC1)[C@H](O)Nc1ccc(S(=O)(=O)Cl)nc1)OCc1ccccc1. The quantitative estimate of drug-likeness (QED) is 0.401. The van der Waals surface area contributed by atoms with Crippen molar-refractivity contribution >= 4 is 31.5 Å². The molecule has 168 valence electrons. The maximum Gasteiger partial charge on any atom is 0.407 e. The largest absolute Gasteiger partial charge is 0.445 e. The summed E-state index contributed by atoms with van der Waals surface area (Å²) >= 11 is 0. The number of carbonyl (C=O) groups is 1. The van der Waals surface area contributed by atoms with Crippen LogP contribution >= 0.6 is 10.7 Å². The molecule has 1 fully saturated rings. The highest BCUT2D eigenvalue weighted by molar-refractivity contribution is 8.13. The van der Waals surface area contributed by atoms with Gasteiger partial charge in [-0.2, -0.15) is 0 Å². The number of alkyl carbamates (subject to hydrolysis) is 1. The number of aromatic nitrogens is 1. The van der Waals surface area contributed by atoms with E-state index in [9.17, 15) is 18.3 Å². The van der Waals surface area contributed by atoms with E-state index in [1.165, 1.54) is 18.3 Å². The highest BCUT2D eigenvalue weighted by Gasteiger charge is 2.31.